The lowest BCUT2D eigenvalue weighted by atomic mass is 10.2. The summed E-state index contributed by atoms with van der Waals surface area (Å²) in [7, 11) is 0. The zero-order chi connectivity index (χ0) is 12.1. The van der Waals surface area contributed by atoms with E-state index in [9.17, 15) is 4.79 Å². The Morgan fingerprint density at radius 2 is 2.19 bits per heavy atom. The first-order valence-electron chi connectivity index (χ1n) is 4.95. The van der Waals surface area contributed by atoms with Crippen molar-refractivity contribution in [3.05, 3.63) is 33.8 Å². The van der Waals surface area contributed by atoms with Crippen molar-refractivity contribution in [3.8, 4) is 0 Å². The summed E-state index contributed by atoms with van der Waals surface area (Å²) in [6, 6.07) is 4.74. The number of nitrogens with one attached hydrogen (secondary N) is 1. The van der Waals surface area contributed by atoms with Crippen molar-refractivity contribution in [2.45, 2.75) is 25.9 Å². The van der Waals surface area contributed by atoms with Gasteiger partial charge in [-0.3, -0.25) is 4.79 Å². The van der Waals surface area contributed by atoms with Crippen LogP contribution in [0.2, 0.25) is 10.0 Å². The lowest BCUT2D eigenvalue weighted by Gasteiger charge is -2.13. The van der Waals surface area contributed by atoms with Gasteiger partial charge in [0.2, 0.25) is 0 Å². The van der Waals surface area contributed by atoms with Crippen LogP contribution in [-0.2, 0) is 11.3 Å². The number of hydrogen-bond acceptors (Lipinski definition) is 2. The van der Waals surface area contributed by atoms with Gasteiger partial charge in [-0.05, 0) is 18.1 Å². The van der Waals surface area contributed by atoms with Crippen molar-refractivity contribution in [2.24, 2.45) is 0 Å². The molecule has 0 heterocycles. The molecule has 1 unspecified atom stereocenters. The fraction of sp³-hybridized carbons (Fsp3) is 0.364. The Morgan fingerprint density at radius 1 is 1.50 bits per heavy atom. The van der Waals surface area contributed by atoms with Gasteiger partial charge in [-0.15, -0.1) is 0 Å². The molecule has 0 radical (unpaired) electrons. The van der Waals surface area contributed by atoms with Gasteiger partial charge in [0.25, 0.3) is 0 Å². The molecule has 0 fully saturated rings. The summed E-state index contributed by atoms with van der Waals surface area (Å²) in [4.78, 5) is 10.8. The van der Waals surface area contributed by atoms with E-state index in [-0.39, 0.29) is 0 Å². The Hall–Kier alpha value is -0.770. The van der Waals surface area contributed by atoms with Gasteiger partial charge in [-0.1, -0.05) is 42.3 Å². The summed E-state index contributed by atoms with van der Waals surface area (Å²) in [5, 5.41) is 12.7. The summed E-state index contributed by atoms with van der Waals surface area (Å²) in [6.45, 7) is 2.20. The van der Waals surface area contributed by atoms with E-state index >= 15 is 0 Å². The van der Waals surface area contributed by atoms with Crippen LogP contribution in [0.25, 0.3) is 0 Å². The van der Waals surface area contributed by atoms with E-state index in [0.29, 0.717) is 23.0 Å². The van der Waals surface area contributed by atoms with Gasteiger partial charge in [-0.25, -0.2) is 0 Å². The van der Waals surface area contributed by atoms with Crippen LogP contribution in [0, 0.1) is 0 Å². The molecular formula is C11H13Cl2NO2. The Balaban J connectivity index is 2.67. The number of aliphatic carboxylic acids is 1. The quantitative estimate of drug-likeness (QED) is 0.857. The maximum Gasteiger partial charge on any atom is 0.320 e. The van der Waals surface area contributed by atoms with Crippen molar-refractivity contribution in [1.82, 2.24) is 5.32 Å². The first kappa shape index (κ1) is 13.3. The Bertz CT molecular complexity index is 382. The van der Waals surface area contributed by atoms with Crippen LogP contribution in [0.4, 0.5) is 0 Å². The van der Waals surface area contributed by atoms with E-state index in [4.69, 9.17) is 28.3 Å². The number of carbonyl (C=O) groups is 1. The summed E-state index contributed by atoms with van der Waals surface area (Å²) < 4.78 is 0. The predicted octanol–water partition coefficient (Wildman–Crippen LogP) is 2.95. The predicted molar refractivity (Wildman–Crippen MR) is 65.0 cm³/mol. The van der Waals surface area contributed by atoms with Gasteiger partial charge < -0.3 is 10.4 Å². The minimum absolute atomic E-state index is 0.393. The fourth-order valence-corrected chi connectivity index (χ4v) is 1.71. The van der Waals surface area contributed by atoms with Gasteiger partial charge >= 0.3 is 5.97 Å². The molecule has 0 bridgehead atoms. The smallest absolute Gasteiger partial charge is 0.320 e. The van der Waals surface area contributed by atoms with Crippen LogP contribution in [0.3, 0.4) is 0 Å². The number of rotatable bonds is 5. The third-order valence-electron chi connectivity index (χ3n) is 2.28. The highest BCUT2D eigenvalue weighted by atomic mass is 35.5. The largest absolute Gasteiger partial charge is 0.480 e. The van der Waals surface area contributed by atoms with Crippen LogP contribution in [0.15, 0.2) is 18.2 Å². The van der Waals surface area contributed by atoms with E-state index in [2.05, 4.69) is 5.32 Å². The third kappa shape index (κ3) is 3.37. The molecule has 1 aromatic carbocycles. The molecule has 2 N–H and O–H groups in total. The molecule has 0 aromatic heterocycles. The normalized spacial score (nSPS) is 12.4. The number of hydrogen-bond donors (Lipinski definition) is 2. The molecule has 0 spiro atoms. The first-order valence-corrected chi connectivity index (χ1v) is 5.71. The Morgan fingerprint density at radius 3 is 2.75 bits per heavy atom. The van der Waals surface area contributed by atoms with E-state index in [1.54, 1.807) is 12.1 Å². The summed E-state index contributed by atoms with van der Waals surface area (Å²) >= 11 is 11.8. The van der Waals surface area contributed by atoms with Crippen molar-refractivity contribution < 1.29 is 9.90 Å². The van der Waals surface area contributed by atoms with Crippen molar-refractivity contribution in [2.75, 3.05) is 0 Å². The number of carboxylic acids is 1. The standard InChI is InChI=1S/C11H13Cl2NO2/c1-2-9(11(15)16)14-6-7-4-3-5-8(12)10(7)13/h3-5,9,14H,2,6H2,1H3,(H,15,16). The molecule has 0 saturated carbocycles. The molecule has 1 rings (SSSR count). The van der Waals surface area contributed by atoms with Gasteiger partial charge in [-0.2, -0.15) is 0 Å². The second-order valence-electron chi connectivity index (χ2n) is 3.39. The average molecular weight is 262 g/mol. The van der Waals surface area contributed by atoms with Gasteiger partial charge in [0.1, 0.15) is 6.04 Å². The van der Waals surface area contributed by atoms with Crippen molar-refractivity contribution >= 4 is 29.2 Å². The summed E-state index contributed by atoms with van der Waals surface area (Å²) in [5.74, 6) is -0.861. The summed E-state index contributed by atoms with van der Waals surface area (Å²) in [6.07, 6.45) is 0.521. The molecule has 16 heavy (non-hydrogen) atoms. The molecule has 1 atom stereocenters. The first-order chi connectivity index (χ1) is 7.56. The van der Waals surface area contributed by atoms with Crippen LogP contribution < -0.4 is 5.32 Å². The van der Waals surface area contributed by atoms with E-state index in [1.807, 2.05) is 13.0 Å². The van der Waals surface area contributed by atoms with Crippen LogP contribution in [0.1, 0.15) is 18.9 Å². The molecule has 0 saturated heterocycles. The van der Waals surface area contributed by atoms with Crippen molar-refractivity contribution in [1.29, 1.82) is 0 Å². The van der Waals surface area contributed by atoms with Gasteiger partial charge in [0.15, 0.2) is 0 Å². The lowest BCUT2D eigenvalue weighted by molar-refractivity contribution is -0.139. The lowest BCUT2D eigenvalue weighted by Crippen LogP contribution is -2.35. The third-order valence-corrected chi connectivity index (χ3v) is 3.13. The highest BCUT2D eigenvalue weighted by molar-refractivity contribution is 6.42. The van der Waals surface area contributed by atoms with Gasteiger partial charge in [0, 0.05) is 6.54 Å². The minimum atomic E-state index is -0.861. The molecule has 3 nitrogen and oxygen atoms in total. The summed E-state index contributed by atoms with van der Waals surface area (Å²) in [5.41, 5.74) is 0.800. The maximum atomic E-state index is 10.8. The number of benzene rings is 1. The van der Waals surface area contributed by atoms with Crippen molar-refractivity contribution in [3.63, 3.8) is 0 Å². The maximum absolute atomic E-state index is 10.8. The molecule has 5 heteroatoms. The Labute approximate surface area is 104 Å². The molecule has 88 valence electrons. The van der Waals surface area contributed by atoms with Gasteiger partial charge in [0.05, 0.1) is 10.0 Å². The molecule has 0 amide bonds. The molecule has 1 aromatic rings. The highest BCUT2D eigenvalue weighted by Crippen LogP contribution is 2.25. The zero-order valence-corrected chi connectivity index (χ0v) is 10.3. The molecule has 0 aliphatic heterocycles. The molecular weight excluding hydrogens is 249 g/mol. The fourth-order valence-electron chi connectivity index (χ4n) is 1.32. The Kier molecular flexibility index (Phi) is 5.06. The SMILES string of the molecule is CCC(NCc1cccc(Cl)c1Cl)C(=O)O. The zero-order valence-electron chi connectivity index (χ0n) is 8.84. The van der Waals surface area contributed by atoms with Crippen LogP contribution in [-0.4, -0.2) is 17.1 Å². The molecule has 0 aliphatic rings. The average Bonchev–Trinajstić information content (AvgIpc) is 2.24. The minimum Gasteiger partial charge on any atom is -0.480 e. The monoisotopic (exact) mass is 261 g/mol. The van der Waals surface area contributed by atoms with E-state index < -0.39 is 12.0 Å². The van der Waals surface area contributed by atoms with E-state index in [1.165, 1.54) is 0 Å². The highest BCUT2D eigenvalue weighted by Gasteiger charge is 2.14. The van der Waals surface area contributed by atoms with Crippen LogP contribution in [0.5, 0.6) is 0 Å². The number of halogens is 2. The number of carboxylic acid groups (broad SMARTS) is 1. The topological polar surface area (TPSA) is 49.3 Å². The molecule has 0 aliphatic carbocycles. The second-order valence-corrected chi connectivity index (χ2v) is 4.18. The van der Waals surface area contributed by atoms with Crippen LogP contribution >= 0.6 is 23.2 Å². The second kappa shape index (κ2) is 6.09. The van der Waals surface area contributed by atoms with E-state index in [0.717, 1.165) is 5.56 Å².